The van der Waals surface area contributed by atoms with Crippen LogP contribution in [0.25, 0.3) is 0 Å². The monoisotopic (exact) mass is 307 g/mol. The zero-order valence-corrected chi connectivity index (χ0v) is 12.8. The third-order valence-electron chi connectivity index (χ3n) is 3.95. The molecule has 1 fully saturated rings. The van der Waals surface area contributed by atoms with Crippen LogP contribution in [0.4, 0.5) is 5.69 Å². The van der Waals surface area contributed by atoms with Crippen LogP contribution >= 0.6 is 22.9 Å². The van der Waals surface area contributed by atoms with E-state index in [1.54, 1.807) is 11.3 Å². The summed E-state index contributed by atoms with van der Waals surface area (Å²) in [5.74, 6) is 0. The lowest BCUT2D eigenvalue weighted by atomic mass is 9.87. The lowest BCUT2D eigenvalue weighted by Crippen LogP contribution is -2.45. The van der Waals surface area contributed by atoms with E-state index >= 15 is 0 Å². The topological polar surface area (TPSA) is 23.5 Å². The molecule has 0 aliphatic carbocycles. The Labute approximate surface area is 128 Å². The lowest BCUT2D eigenvalue weighted by Gasteiger charge is -2.39. The highest BCUT2D eigenvalue weighted by Crippen LogP contribution is 2.32. The molecule has 2 aromatic rings. The van der Waals surface area contributed by atoms with E-state index in [-0.39, 0.29) is 0 Å². The number of hydrogen-bond donors (Lipinski definition) is 1. The Morgan fingerprint density at radius 2 is 1.80 bits per heavy atom. The third-order valence-corrected chi connectivity index (χ3v) is 5.18. The van der Waals surface area contributed by atoms with Crippen molar-refractivity contribution >= 4 is 28.6 Å². The van der Waals surface area contributed by atoms with Gasteiger partial charge in [0.25, 0.3) is 0 Å². The molecule has 0 saturated carbocycles. The van der Waals surface area contributed by atoms with E-state index in [0.717, 1.165) is 30.3 Å². The van der Waals surface area contributed by atoms with Crippen molar-refractivity contribution in [2.75, 3.05) is 18.0 Å². The summed E-state index contributed by atoms with van der Waals surface area (Å²) >= 11 is 7.52. The van der Waals surface area contributed by atoms with Gasteiger partial charge in [0, 0.05) is 30.1 Å². The summed E-state index contributed by atoms with van der Waals surface area (Å²) in [6, 6.07) is 14.3. The van der Waals surface area contributed by atoms with Crippen LogP contribution in [0.15, 0.2) is 42.5 Å². The van der Waals surface area contributed by atoms with Crippen molar-refractivity contribution in [2.45, 2.75) is 24.9 Å². The van der Waals surface area contributed by atoms with Gasteiger partial charge >= 0.3 is 0 Å². The SMILES string of the molecule is OC1(Cc2ccc(Cl)s2)CCN(c2ccccc2)CC1. The number of nitrogens with zero attached hydrogens (tertiary/aromatic N) is 1. The van der Waals surface area contributed by atoms with Crippen molar-refractivity contribution in [2.24, 2.45) is 0 Å². The van der Waals surface area contributed by atoms with Gasteiger partial charge < -0.3 is 10.0 Å². The second-order valence-electron chi connectivity index (χ2n) is 5.43. The smallest absolute Gasteiger partial charge is 0.0931 e. The van der Waals surface area contributed by atoms with Crippen molar-refractivity contribution < 1.29 is 5.11 Å². The van der Waals surface area contributed by atoms with E-state index in [0.29, 0.717) is 6.42 Å². The fraction of sp³-hybridized carbons (Fsp3) is 0.375. The van der Waals surface area contributed by atoms with Gasteiger partial charge in [-0.05, 0) is 37.1 Å². The minimum Gasteiger partial charge on any atom is -0.389 e. The number of benzene rings is 1. The molecule has 2 nitrogen and oxygen atoms in total. The number of para-hydroxylation sites is 1. The number of hydrogen-bond acceptors (Lipinski definition) is 3. The van der Waals surface area contributed by atoms with Gasteiger partial charge in [-0.3, -0.25) is 0 Å². The van der Waals surface area contributed by atoms with Crippen LogP contribution in [0.5, 0.6) is 0 Å². The van der Waals surface area contributed by atoms with E-state index in [1.165, 1.54) is 10.6 Å². The first kappa shape index (κ1) is 13.9. The molecule has 1 aromatic carbocycles. The number of halogens is 1. The first-order valence-corrected chi connectivity index (χ1v) is 8.11. The average molecular weight is 308 g/mol. The normalized spacial score (nSPS) is 18.2. The van der Waals surface area contributed by atoms with Crippen LogP contribution in [0.3, 0.4) is 0 Å². The summed E-state index contributed by atoms with van der Waals surface area (Å²) in [6.07, 6.45) is 2.32. The van der Waals surface area contributed by atoms with Gasteiger partial charge in [-0.2, -0.15) is 0 Å². The van der Waals surface area contributed by atoms with Gasteiger partial charge in [0.2, 0.25) is 0 Å². The molecule has 0 unspecified atom stereocenters. The summed E-state index contributed by atoms with van der Waals surface area (Å²) < 4.78 is 0.797. The maximum absolute atomic E-state index is 10.7. The van der Waals surface area contributed by atoms with Crippen LogP contribution in [0, 0.1) is 0 Å². The van der Waals surface area contributed by atoms with Gasteiger partial charge in [0.05, 0.1) is 9.94 Å². The van der Waals surface area contributed by atoms with Gasteiger partial charge in [-0.25, -0.2) is 0 Å². The fourth-order valence-electron chi connectivity index (χ4n) is 2.77. The molecule has 0 radical (unpaired) electrons. The largest absolute Gasteiger partial charge is 0.389 e. The van der Waals surface area contributed by atoms with E-state index < -0.39 is 5.60 Å². The van der Waals surface area contributed by atoms with Crippen LogP contribution < -0.4 is 4.90 Å². The van der Waals surface area contributed by atoms with E-state index in [1.807, 2.05) is 18.2 Å². The molecule has 1 aromatic heterocycles. The number of aliphatic hydroxyl groups is 1. The Balaban J connectivity index is 1.62. The standard InChI is InChI=1S/C16H18ClNOS/c17-15-7-6-14(20-15)12-16(19)8-10-18(11-9-16)13-4-2-1-3-5-13/h1-7,19H,8-12H2. The molecule has 0 amide bonds. The molecule has 20 heavy (non-hydrogen) atoms. The Morgan fingerprint density at radius 1 is 1.10 bits per heavy atom. The van der Waals surface area contributed by atoms with Gasteiger partial charge in [0.15, 0.2) is 0 Å². The Bertz CT molecular complexity index is 561. The second-order valence-corrected chi connectivity index (χ2v) is 7.23. The summed E-state index contributed by atoms with van der Waals surface area (Å²) in [6.45, 7) is 1.80. The molecule has 2 heterocycles. The fourth-order valence-corrected chi connectivity index (χ4v) is 3.99. The highest BCUT2D eigenvalue weighted by molar-refractivity contribution is 7.16. The highest BCUT2D eigenvalue weighted by atomic mass is 35.5. The van der Waals surface area contributed by atoms with E-state index in [2.05, 4.69) is 29.2 Å². The maximum atomic E-state index is 10.7. The molecule has 4 heteroatoms. The summed E-state index contributed by atoms with van der Waals surface area (Å²) in [5, 5.41) is 10.7. The molecule has 1 aliphatic rings. The summed E-state index contributed by atoms with van der Waals surface area (Å²) in [7, 11) is 0. The second kappa shape index (κ2) is 5.76. The summed E-state index contributed by atoms with van der Waals surface area (Å²) in [4.78, 5) is 3.52. The Morgan fingerprint density at radius 3 is 2.40 bits per heavy atom. The molecule has 1 N–H and O–H groups in total. The minimum absolute atomic E-state index is 0.584. The van der Waals surface area contributed by atoms with Crippen LogP contribution in [-0.4, -0.2) is 23.8 Å². The van der Waals surface area contributed by atoms with Crippen LogP contribution in [-0.2, 0) is 6.42 Å². The molecular formula is C16H18ClNOS. The molecule has 1 aliphatic heterocycles. The molecule has 1 saturated heterocycles. The van der Waals surface area contributed by atoms with Gasteiger partial charge in [-0.1, -0.05) is 29.8 Å². The predicted octanol–water partition coefficient (Wildman–Crippen LogP) is 3.98. The van der Waals surface area contributed by atoms with Crippen molar-refractivity contribution in [1.82, 2.24) is 0 Å². The first-order chi connectivity index (χ1) is 9.65. The van der Waals surface area contributed by atoms with Crippen molar-refractivity contribution in [1.29, 1.82) is 0 Å². The number of piperidine rings is 1. The first-order valence-electron chi connectivity index (χ1n) is 6.91. The molecule has 3 rings (SSSR count). The number of thiophene rings is 1. The van der Waals surface area contributed by atoms with Gasteiger partial charge in [0.1, 0.15) is 0 Å². The third kappa shape index (κ3) is 3.17. The van der Waals surface area contributed by atoms with E-state index in [9.17, 15) is 5.11 Å². The maximum Gasteiger partial charge on any atom is 0.0931 e. The van der Waals surface area contributed by atoms with Gasteiger partial charge in [-0.15, -0.1) is 11.3 Å². The van der Waals surface area contributed by atoms with Crippen LogP contribution in [0.2, 0.25) is 4.34 Å². The number of rotatable bonds is 3. The average Bonchev–Trinajstić information content (AvgIpc) is 2.85. The van der Waals surface area contributed by atoms with Crippen LogP contribution in [0.1, 0.15) is 17.7 Å². The molecule has 0 spiro atoms. The molecule has 0 bridgehead atoms. The van der Waals surface area contributed by atoms with E-state index in [4.69, 9.17) is 11.6 Å². The minimum atomic E-state index is -0.584. The quantitative estimate of drug-likeness (QED) is 0.927. The van der Waals surface area contributed by atoms with Crippen molar-refractivity contribution in [3.05, 3.63) is 51.7 Å². The Kier molecular flexibility index (Phi) is 4.01. The predicted molar refractivity (Wildman–Crippen MR) is 85.9 cm³/mol. The zero-order chi connectivity index (χ0) is 14.0. The van der Waals surface area contributed by atoms with Crippen molar-refractivity contribution in [3.8, 4) is 0 Å². The number of anilines is 1. The molecule has 106 valence electrons. The molecular weight excluding hydrogens is 290 g/mol. The van der Waals surface area contributed by atoms with Crippen molar-refractivity contribution in [3.63, 3.8) is 0 Å². The zero-order valence-electron chi connectivity index (χ0n) is 11.3. The Hall–Kier alpha value is -1.03. The lowest BCUT2D eigenvalue weighted by molar-refractivity contribution is 0.0173. The highest BCUT2D eigenvalue weighted by Gasteiger charge is 2.32. The molecule has 0 atom stereocenters. The summed E-state index contributed by atoms with van der Waals surface area (Å²) in [5.41, 5.74) is 0.660.